The van der Waals surface area contributed by atoms with Crippen molar-refractivity contribution in [1.29, 1.82) is 0 Å². The molecule has 5 rings (SSSR count). The Morgan fingerprint density at radius 2 is 1.96 bits per heavy atom. The van der Waals surface area contributed by atoms with Crippen LogP contribution in [0.15, 0.2) is 34.9 Å². The van der Waals surface area contributed by atoms with E-state index < -0.39 is 12.5 Å². The summed E-state index contributed by atoms with van der Waals surface area (Å²) in [5, 5.41) is 18.7. The molecule has 1 aliphatic heterocycles. The van der Waals surface area contributed by atoms with E-state index in [1.165, 1.54) is 0 Å². The van der Waals surface area contributed by atoms with Gasteiger partial charge in [-0.25, -0.2) is 0 Å². The van der Waals surface area contributed by atoms with Crippen molar-refractivity contribution in [3.63, 3.8) is 0 Å². The molecule has 0 saturated carbocycles. The van der Waals surface area contributed by atoms with E-state index in [1.54, 1.807) is 18.2 Å². The first-order valence-corrected chi connectivity index (χ1v) is 9.02. The Labute approximate surface area is 159 Å². The van der Waals surface area contributed by atoms with Gasteiger partial charge in [-0.2, -0.15) is 0 Å². The van der Waals surface area contributed by atoms with Gasteiger partial charge in [0.15, 0.2) is 11.5 Å². The summed E-state index contributed by atoms with van der Waals surface area (Å²) in [7, 11) is 0. The molecule has 28 heavy (non-hydrogen) atoms. The van der Waals surface area contributed by atoms with Gasteiger partial charge in [-0.15, -0.1) is 0 Å². The molecule has 0 spiro atoms. The quantitative estimate of drug-likeness (QED) is 0.561. The average Bonchev–Trinajstić information content (AvgIpc) is 3.16. The third-order valence-electron chi connectivity index (χ3n) is 5.15. The van der Waals surface area contributed by atoms with Crippen LogP contribution >= 0.6 is 0 Å². The minimum atomic E-state index is -1.26. The van der Waals surface area contributed by atoms with Gasteiger partial charge in [0.05, 0.1) is 42.4 Å². The Kier molecular flexibility index (Phi) is 3.80. The number of morpholine rings is 1. The Balaban J connectivity index is 1.78. The molecule has 0 unspecified atom stereocenters. The smallest absolute Gasteiger partial charge is 0.196 e. The van der Waals surface area contributed by atoms with Gasteiger partial charge >= 0.3 is 0 Å². The van der Waals surface area contributed by atoms with Crippen LogP contribution in [0.2, 0.25) is 0 Å². The molecule has 1 N–H and O–H groups in total. The van der Waals surface area contributed by atoms with Crippen molar-refractivity contribution in [3.05, 3.63) is 41.5 Å². The van der Waals surface area contributed by atoms with Crippen LogP contribution in [0.5, 0.6) is 0 Å². The fourth-order valence-corrected chi connectivity index (χ4v) is 3.89. The standard InChI is InChI=1S/C20H17N3O5/c24-15(25)10-21-13-9-14(23-5-7-27-8-6-23)18-17-16(13)19(26)11-3-1-2-4-12(11)20(17)28-22-18/h1-4,9,21H,5-8,10H2,(H,24,25)/p-1. The maximum atomic E-state index is 13.2. The number of ketones is 1. The summed E-state index contributed by atoms with van der Waals surface area (Å²) in [4.78, 5) is 26.4. The van der Waals surface area contributed by atoms with Crippen LogP contribution in [0.25, 0.3) is 22.2 Å². The average molecular weight is 378 g/mol. The highest BCUT2D eigenvalue weighted by Gasteiger charge is 2.33. The van der Waals surface area contributed by atoms with Crippen LogP contribution in [0.4, 0.5) is 11.4 Å². The maximum Gasteiger partial charge on any atom is 0.196 e. The van der Waals surface area contributed by atoms with E-state index >= 15 is 0 Å². The number of carboxylic acid groups (broad SMARTS) is 1. The van der Waals surface area contributed by atoms with E-state index in [0.29, 0.717) is 65.3 Å². The van der Waals surface area contributed by atoms with Crippen molar-refractivity contribution in [2.24, 2.45) is 0 Å². The highest BCUT2D eigenvalue weighted by molar-refractivity contribution is 6.28. The molecule has 0 bridgehead atoms. The topological polar surface area (TPSA) is 108 Å². The summed E-state index contributed by atoms with van der Waals surface area (Å²) in [6, 6.07) is 8.95. The van der Waals surface area contributed by atoms with Crippen LogP contribution in [0, 0.1) is 0 Å². The molecule has 8 heteroatoms. The number of hydrogen-bond acceptors (Lipinski definition) is 8. The maximum absolute atomic E-state index is 13.2. The van der Waals surface area contributed by atoms with Crippen molar-refractivity contribution in [2.75, 3.05) is 43.1 Å². The lowest BCUT2D eigenvalue weighted by Gasteiger charge is -2.30. The molecule has 2 aromatic carbocycles. The number of fused-ring (bicyclic) bond motifs is 2. The lowest BCUT2D eigenvalue weighted by molar-refractivity contribution is -0.302. The van der Waals surface area contributed by atoms with Gasteiger partial charge in [-0.1, -0.05) is 29.4 Å². The largest absolute Gasteiger partial charge is 0.548 e. The van der Waals surface area contributed by atoms with Crippen LogP contribution in [0.1, 0.15) is 15.9 Å². The number of hydrogen-bond donors (Lipinski definition) is 1. The second-order valence-corrected chi connectivity index (χ2v) is 6.75. The predicted molar refractivity (Wildman–Crippen MR) is 99.4 cm³/mol. The summed E-state index contributed by atoms with van der Waals surface area (Å²) in [6.07, 6.45) is 0. The molecule has 1 fully saturated rings. The van der Waals surface area contributed by atoms with E-state index in [1.807, 2.05) is 12.1 Å². The highest BCUT2D eigenvalue weighted by Crippen LogP contribution is 2.45. The number of anilines is 2. The van der Waals surface area contributed by atoms with Gasteiger partial charge in [0.1, 0.15) is 5.52 Å². The van der Waals surface area contributed by atoms with Gasteiger partial charge < -0.3 is 29.4 Å². The summed E-state index contributed by atoms with van der Waals surface area (Å²) in [5.41, 5.74) is 3.38. The molecule has 0 atom stereocenters. The van der Waals surface area contributed by atoms with Crippen molar-refractivity contribution in [3.8, 4) is 11.3 Å². The van der Waals surface area contributed by atoms with E-state index in [9.17, 15) is 14.7 Å². The summed E-state index contributed by atoms with van der Waals surface area (Å²) < 4.78 is 11.1. The van der Waals surface area contributed by atoms with Gasteiger partial charge in [-0.05, 0) is 6.07 Å². The Bertz CT molecular complexity index is 1110. The van der Waals surface area contributed by atoms with Gasteiger partial charge in [0, 0.05) is 29.9 Å². The lowest BCUT2D eigenvalue weighted by Crippen LogP contribution is -2.36. The number of aliphatic carboxylic acids is 1. The monoisotopic (exact) mass is 378 g/mol. The molecule has 8 nitrogen and oxygen atoms in total. The molecular weight excluding hydrogens is 362 g/mol. The van der Waals surface area contributed by atoms with Gasteiger partial charge in [0.25, 0.3) is 0 Å². The normalized spacial score (nSPS) is 15.6. The molecule has 1 saturated heterocycles. The number of ether oxygens (including phenoxy) is 1. The molecule has 142 valence electrons. The minimum Gasteiger partial charge on any atom is -0.548 e. The zero-order valence-corrected chi connectivity index (χ0v) is 14.9. The van der Waals surface area contributed by atoms with Crippen molar-refractivity contribution in [1.82, 2.24) is 5.16 Å². The molecule has 3 aromatic rings. The SMILES string of the molecule is O=C([O-])CNc1cc(N2CCOCC2)c2noc3c2c1C(=O)c1ccccc1-3. The Morgan fingerprint density at radius 1 is 1.21 bits per heavy atom. The number of nitrogens with zero attached hydrogens (tertiary/aromatic N) is 2. The second-order valence-electron chi connectivity index (χ2n) is 6.75. The molecule has 0 radical (unpaired) electrons. The Hall–Kier alpha value is -3.39. The lowest BCUT2D eigenvalue weighted by atomic mass is 9.86. The minimum absolute atomic E-state index is 0.189. The number of carbonyl (C=O) groups is 2. The van der Waals surface area contributed by atoms with Crippen LogP contribution in [0.3, 0.4) is 0 Å². The third kappa shape index (κ3) is 2.45. The molecule has 1 aliphatic carbocycles. The van der Waals surface area contributed by atoms with E-state index in [-0.39, 0.29) is 5.78 Å². The molecule has 2 heterocycles. The first kappa shape index (κ1) is 16.8. The number of aromatic nitrogens is 1. The summed E-state index contributed by atoms with van der Waals surface area (Å²) >= 11 is 0. The summed E-state index contributed by atoms with van der Waals surface area (Å²) in [6.45, 7) is 2.09. The highest BCUT2D eigenvalue weighted by atomic mass is 16.5. The zero-order chi connectivity index (χ0) is 19.3. The molecule has 1 aromatic heterocycles. The van der Waals surface area contributed by atoms with Crippen LogP contribution in [-0.2, 0) is 9.53 Å². The number of rotatable bonds is 4. The fraction of sp³-hybridized carbons (Fsp3) is 0.250. The molecule has 2 aliphatic rings. The number of benzene rings is 2. The van der Waals surface area contributed by atoms with Gasteiger partial charge in [0.2, 0.25) is 0 Å². The second kappa shape index (κ2) is 6.35. The van der Waals surface area contributed by atoms with E-state index in [4.69, 9.17) is 9.26 Å². The first-order valence-electron chi connectivity index (χ1n) is 9.02. The van der Waals surface area contributed by atoms with Crippen LogP contribution in [-0.4, -0.2) is 49.8 Å². The number of carboxylic acids is 1. The number of carbonyl (C=O) groups excluding carboxylic acids is 2. The zero-order valence-electron chi connectivity index (χ0n) is 14.9. The fourth-order valence-electron chi connectivity index (χ4n) is 3.89. The third-order valence-corrected chi connectivity index (χ3v) is 5.15. The van der Waals surface area contributed by atoms with E-state index in [0.717, 1.165) is 5.69 Å². The predicted octanol–water partition coefficient (Wildman–Crippen LogP) is 1.04. The summed E-state index contributed by atoms with van der Waals surface area (Å²) in [5.74, 6) is -0.924. The van der Waals surface area contributed by atoms with Crippen molar-refractivity contribution >= 4 is 34.0 Å². The van der Waals surface area contributed by atoms with E-state index in [2.05, 4.69) is 15.4 Å². The van der Waals surface area contributed by atoms with Gasteiger partial charge in [-0.3, -0.25) is 4.79 Å². The van der Waals surface area contributed by atoms with Crippen molar-refractivity contribution in [2.45, 2.75) is 0 Å². The van der Waals surface area contributed by atoms with Crippen molar-refractivity contribution < 1.29 is 24.0 Å². The molecular formula is C20H16N3O5-. The number of nitrogens with one attached hydrogen (secondary N) is 1. The molecule has 0 amide bonds. The first-order chi connectivity index (χ1) is 13.6. The van der Waals surface area contributed by atoms with Crippen LogP contribution < -0.4 is 15.3 Å². The Morgan fingerprint density at radius 3 is 2.71 bits per heavy atom.